The molecule has 0 bridgehead atoms. The van der Waals surface area contributed by atoms with Crippen molar-refractivity contribution < 1.29 is 9.59 Å². The van der Waals surface area contributed by atoms with E-state index >= 15 is 0 Å². The van der Waals surface area contributed by atoms with Crippen LogP contribution < -0.4 is 4.90 Å². The van der Waals surface area contributed by atoms with Gasteiger partial charge in [0.15, 0.2) is 0 Å². The van der Waals surface area contributed by atoms with Crippen LogP contribution >= 0.6 is 23.2 Å². The van der Waals surface area contributed by atoms with Crippen LogP contribution in [0.1, 0.15) is 20.7 Å². The van der Waals surface area contributed by atoms with Crippen LogP contribution in [0.15, 0.2) is 42.5 Å². The molecule has 1 aliphatic rings. The molecule has 2 aromatic carbocycles. The Balaban J connectivity index is 2.14. The molecule has 1 heterocycles. The quantitative estimate of drug-likeness (QED) is 0.750. The minimum atomic E-state index is -0.362. The summed E-state index contributed by atoms with van der Waals surface area (Å²) in [6.45, 7) is 0. The molecule has 3 nitrogen and oxygen atoms in total. The van der Waals surface area contributed by atoms with Gasteiger partial charge < -0.3 is 0 Å². The largest absolute Gasteiger partial charge is 0.268 e. The Kier molecular flexibility index (Phi) is 2.81. The van der Waals surface area contributed by atoms with Gasteiger partial charge in [0, 0.05) is 10.0 Å². The van der Waals surface area contributed by atoms with Crippen LogP contribution in [0.5, 0.6) is 0 Å². The maximum absolute atomic E-state index is 12.2. The highest BCUT2D eigenvalue weighted by Crippen LogP contribution is 2.31. The first-order valence-corrected chi connectivity index (χ1v) is 6.27. The van der Waals surface area contributed by atoms with Gasteiger partial charge in [0.25, 0.3) is 11.8 Å². The molecule has 0 N–H and O–H groups in total. The predicted molar refractivity (Wildman–Crippen MR) is 74.0 cm³/mol. The lowest BCUT2D eigenvalue weighted by Gasteiger charge is -2.14. The molecular formula is C14H7Cl2NO2. The first-order valence-electron chi connectivity index (χ1n) is 5.52. The lowest BCUT2D eigenvalue weighted by Crippen LogP contribution is -2.29. The molecule has 0 aromatic heterocycles. The first-order chi connectivity index (χ1) is 9.08. The van der Waals surface area contributed by atoms with E-state index in [9.17, 15) is 9.59 Å². The molecule has 0 saturated carbocycles. The third kappa shape index (κ3) is 1.91. The summed E-state index contributed by atoms with van der Waals surface area (Å²) in [5, 5.41) is 0.748. The second kappa shape index (κ2) is 4.37. The van der Waals surface area contributed by atoms with E-state index in [1.54, 1.807) is 30.3 Å². The van der Waals surface area contributed by atoms with Gasteiger partial charge in [-0.25, -0.2) is 4.90 Å². The Morgan fingerprint density at radius 1 is 0.789 bits per heavy atom. The highest BCUT2D eigenvalue weighted by atomic mass is 35.5. The minimum Gasteiger partial charge on any atom is -0.268 e. The average molecular weight is 292 g/mol. The normalized spacial score (nSPS) is 13.9. The van der Waals surface area contributed by atoms with Crippen molar-refractivity contribution >= 4 is 40.7 Å². The van der Waals surface area contributed by atoms with E-state index in [0.717, 1.165) is 4.90 Å². The molecule has 0 unspecified atom stereocenters. The Bertz CT molecular complexity index is 657. The number of imide groups is 1. The van der Waals surface area contributed by atoms with Crippen molar-refractivity contribution in [3.63, 3.8) is 0 Å². The Hall–Kier alpha value is -1.84. The van der Waals surface area contributed by atoms with Crippen LogP contribution in [0.3, 0.4) is 0 Å². The highest BCUT2D eigenvalue weighted by molar-refractivity contribution is 6.37. The van der Waals surface area contributed by atoms with E-state index in [1.807, 2.05) is 0 Å². The molecule has 5 heteroatoms. The van der Waals surface area contributed by atoms with Crippen LogP contribution in [0, 0.1) is 0 Å². The van der Waals surface area contributed by atoms with Crippen LogP contribution in [0.25, 0.3) is 0 Å². The SMILES string of the molecule is O=C1c2ccccc2C(=O)N1c1cc(Cl)cc(Cl)c1. The van der Waals surface area contributed by atoms with E-state index in [-0.39, 0.29) is 11.8 Å². The first kappa shape index (κ1) is 12.2. The summed E-state index contributed by atoms with van der Waals surface area (Å²) in [6.07, 6.45) is 0. The zero-order valence-electron chi connectivity index (χ0n) is 9.56. The van der Waals surface area contributed by atoms with Crippen LogP contribution in [-0.4, -0.2) is 11.8 Å². The third-order valence-electron chi connectivity index (χ3n) is 2.90. The van der Waals surface area contributed by atoms with E-state index in [0.29, 0.717) is 26.9 Å². The van der Waals surface area contributed by atoms with Crippen molar-refractivity contribution in [3.05, 3.63) is 63.6 Å². The van der Waals surface area contributed by atoms with E-state index in [4.69, 9.17) is 23.2 Å². The van der Waals surface area contributed by atoms with Gasteiger partial charge in [-0.1, -0.05) is 35.3 Å². The smallest absolute Gasteiger partial charge is 0.266 e. The number of hydrogen-bond acceptors (Lipinski definition) is 2. The Labute approximate surface area is 119 Å². The maximum Gasteiger partial charge on any atom is 0.266 e. The minimum absolute atomic E-state index is 0.362. The fourth-order valence-corrected chi connectivity index (χ4v) is 2.61. The third-order valence-corrected chi connectivity index (χ3v) is 3.34. The van der Waals surface area contributed by atoms with Crippen molar-refractivity contribution in [1.82, 2.24) is 0 Å². The fraction of sp³-hybridized carbons (Fsp3) is 0. The number of halogens is 2. The van der Waals surface area contributed by atoms with Gasteiger partial charge in [-0.15, -0.1) is 0 Å². The summed E-state index contributed by atoms with van der Waals surface area (Å²) in [5.41, 5.74) is 1.16. The summed E-state index contributed by atoms with van der Waals surface area (Å²) in [4.78, 5) is 25.6. The Morgan fingerprint density at radius 3 is 1.74 bits per heavy atom. The molecule has 1 aliphatic heterocycles. The molecule has 3 rings (SSSR count). The summed E-state index contributed by atoms with van der Waals surface area (Å²) in [6, 6.07) is 11.3. The Morgan fingerprint density at radius 2 is 1.26 bits per heavy atom. The van der Waals surface area contributed by atoms with E-state index in [2.05, 4.69) is 0 Å². The number of carbonyl (C=O) groups excluding carboxylic acids is 2. The van der Waals surface area contributed by atoms with Gasteiger partial charge >= 0.3 is 0 Å². The molecule has 0 spiro atoms. The number of amides is 2. The molecule has 0 saturated heterocycles. The van der Waals surface area contributed by atoms with Crippen molar-refractivity contribution in [2.45, 2.75) is 0 Å². The second-order valence-electron chi connectivity index (χ2n) is 4.12. The fourth-order valence-electron chi connectivity index (χ4n) is 2.09. The molecule has 0 atom stereocenters. The maximum atomic E-state index is 12.2. The van der Waals surface area contributed by atoms with Gasteiger partial charge in [0.05, 0.1) is 16.8 Å². The second-order valence-corrected chi connectivity index (χ2v) is 4.99. The highest BCUT2D eigenvalue weighted by Gasteiger charge is 2.36. The average Bonchev–Trinajstić information content (AvgIpc) is 2.61. The van der Waals surface area contributed by atoms with E-state index < -0.39 is 0 Å². The monoisotopic (exact) mass is 291 g/mol. The predicted octanol–water partition coefficient (Wildman–Crippen LogP) is 3.79. The van der Waals surface area contributed by atoms with Crippen LogP contribution in [0.4, 0.5) is 5.69 Å². The molecule has 2 aromatic rings. The van der Waals surface area contributed by atoms with Gasteiger partial charge in [-0.2, -0.15) is 0 Å². The van der Waals surface area contributed by atoms with Gasteiger partial charge in [-0.05, 0) is 30.3 Å². The zero-order chi connectivity index (χ0) is 13.6. The van der Waals surface area contributed by atoms with Crippen LogP contribution in [-0.2, 0) is 0 Å². The summed E-state index contributed by atoms with van der Waals surface area (Å²) in [5.74, 6) is -0.724. The topological polar surface area (TPSA) is 37.4 Å². The number of carbonyl (C=O) groups is 2. The number of fused-ring (bicyclic) bond motifs is 1. The van der Waals surface area contributed by atoms with Gasteiger partial charge in [0.1, 0.15) is 0 Å². The number of nitrogens with zero attached hydrogens (tertiary/aromatic N) is 1. The number of rotatable bonds is 1. The number of benzene rings is 2. The summed E-state index contributed by atoms with van der Waals surface area (Å²) >= 11 is 11.8. The molecular weight excluding hydrogens is 285 g/mol. The molecule has 2 amide bonds. The molecule has 0 radical (unpaired) electrons. The van der Waals surface area contributed by atoms with Gasteiger partial charge in [0.2, 0.25) is 0 Å². The molecule has 0 aliphatic carbocycles. The summed E-state index contributed by atoms with van der Waals surface area (Å²) < 4.78 is 0. The zero-order valence-corrected chi connectivity index (χ0v) is 11.1. The van der Waals surface area contributed by atoms with Crippen molar-refractivity contribution in [2.24, 2.45) is 0 Å². The van der Waals surface area contributed by atoms with Crippen molar-refractivity contribution in [3.8, 4) is 0 Å². The standard InChI is InChI=1S/C14H7Cl2NO2/c15-8-5-9(16)7-10(6-8)17-13(18)11-3-1-2-4-12(11)14(17)19/h1-7H. The number of anilines is 1. The molecule has 0 fully saturated rings. The lowest BCUT2D eigenvalue weighted by molar-refractivity contribution is 0.0926. The van der Waals surface area contributed by atoms with Crippen molar-refractivity contribution in [2.75, 3.05) is 4.90 Å². The van der Waals surface area contributed by atoms with Crippen LogP contribution in [0.2, 0.25) is 10.0 Å². The number of hydrogen-bond donors (Lipinski definition) is 0. The summed E-state index contributed by atoms with van der Waals surface area (Å²) in [7, 11) is 0. The lowest BCUT2D eigenvalue weighted by atomic mass is 10.1. The van der Waals surface area contributed by atoms with E-state index in [1.165, 1.54) is 12.1 Å². The van der Waals surface area contributed by atoms with Gasteiger partial charge in [-0.3, -0.25) is 9.59 Å². The molecule has 94 valence electrons. The van der Waals surface area contributed by atoms with Crippen molar-refractivity contribution in [1.29, 1.82) is 0 Å². The molecule has 19 heavy (non-hydrogen) atoms.